The molecule has 0 spiro atoms. The van der Waals surface area contributed by atoms with Crippen LogP contribution in [0.3, 0.4) is 0 Å². The molecule has 1 aliphatic heterocycles. The molecule has 0 saturated carbocycles. The van der Waals surface area contributed by atoms with Crippen LogP contribution in [0.5, 0.6) is 0 Å². The van der Waals surface area contributed by atoms with Crippen LogP contribution in [0.2, 0.25) is 5.02 Å². The molecular weight excluding hydrogens is 291 g/mol. The van der Waals surface area contributed by atoms with Crippen molar-refractivity contribution in [3.05, 3.63) is 45.1 Å². The van der Waals surface area contributed by atoms with E-state index in [1.165, 1.54) is 0 Å². The van der Waals surface area contributed by atoms with Gasteiger partial charge in [0.1, 0.15) is 0 Å². The molecular formula is C12H10BrClO2. The monoisotopic (exact) mass is 300 g/mol. The molecule has 2 rings (SSSR count). The predicted octanol–water partition coefficient (Wildman–Crippen LogP) is 3.98. The number of carbonyl (C=O) groups excluding carboxylic acids is 1. The molecule has 0 aromatic heterocycles. The molecule has 1 aromatic rings. The fourth-order valence-corrected chi connectivity index (χ4v) is 2.08. The summed E-state index contributed by atoms with van der Waals surface area (Å²) in [7, 11) is 0. The van der Waals surface area contributed by atoms with Crippen molar-refractivity contribution in [2.45, 2.75) is 12.8 Å². The summed E-state index contributed by atoms with van der Waals surface area (Å²) in [5, 5.41) is 0.447. The zero-order valence-electron chi connectivity index (χ0n) is 8.50. The van der Waals surface area contributed by atoms with E-state index >= 15 is 0 Å². The van der Waals surface area contributed by atoms with Crippen LogP contribution in [0.15, 0.2) is 34.5 Å². The first-order valence-electron chi connectivity index (χ1n) is 5.01. The number of benzene rings is 1. The number of Topliss-reactive ketones (excluding diaryl/α,β-unsaturated/α-hetero) is 1. The normalized spacial score (nSPS) is 15.2. The zero-order chi connectivity index (χ0) is 11.5. The standard InChI is InChI=1S/C12H10BrClO2/c13-8-4-5-10(14)9(7-8)12(15)11-3-1-2-6-16-11/h3-5,7H,1-2,6H2. The fraction of sp³-hybridized carbons (Fsp3) is 0.250. The Kier molecular flexibility index (Phi) is 3.66. The molecule has 16 heavy (non-hydrogen) atoms. The Morgan fingerprint density at radius 1 is 1.44 bits per heavy atom. The van der Waals surface area contributed by atoms with Crippen LogP contribution in [0.1, 0.15) is 23.2 Å². The largest absolute Gasteiger partial charge is 0.490 e. The second-order valence-electron chi connectivity index (χ2n) is 3.51. The smallest absolute Gasteiger partial charge is 0.228 e. The number of hydrogen-bond donors (Lipinski definition) is 0. The molecule has 0 atom stereocenters. The van der Waals surface area contributed by atoms with E-state index in [1.807, 2.05) is 6.08 Å². The number of halogens is 2. The molecule has 0 bridgehead atoms. The highest BCUT2D eigenvalue weighted by Gasteiger charge is 2.18. The maximum absolute atomic E-state index is 12.1. The van der Waals surface area contributed by atoms with Crippen molar-refractivity contribution < 1.29 is 9.53 Å². The zero-order valence-corrected chi connectivity index (χ0v) is 10.8. The van der Waals surface area contributed by atoms with Gasteiger partial charge < -0.3 is 4.74 Å². The van der Waals surface area contributed by atoms with Crippen molar-refractivity contribution in [1.29, 1.82) is 0 Å². The molecule has 1 aromatic carbocycles. The number of allylic oxidation sites excluding steroid dienone is 2. The molecule has 0 N–H and O–H groups in total. The molecule has 0 unspecified atom stereocenters. The Hall–Kier alpha value is -0.800. The molecule has 0 aliphatic carbocycles. The third-order valence-corrected chi connectivity index (χ3v) is 3.16. The van der Waals surface area contributed by atoms with Crippen molar-refractivity contribution in [3.63, 3.8) is 0 Å². The minimum absolute atomic E-state index is 0.147. The lowest BCUT2D eigenvalue weighted by Gasteiger charge is -2.14. The van der Waals surface area contributed by atoms with E-state index in [4.69, 9.17) is 16.3 Å². The minimum Gasteiger partial charge on any atom is -0.490 e. The summed E-state index contributed by atoms with van der Waals surface area (Å²) in [4.78, 5) is 12.1. The van der Waals surface area contributed by atoms with E-state index in [0.29, 0.717) is 23.0 Å². The Balaban J connectivity index is 2.33. The first kappa shape index (κ1) is 11.7. The quantitative estimate of drug-likeness (QED) is 0.772. The van der Waals surface area contributed by atoms with Gasteiger partial charge in [-0.25, -0.2) is 0 Å². The lowest BCUT2D eigenvalue weighted by Crippen LogP contribution is -2.11. The molecule has 4 heteroatoms. The summed E-state index contributed by atoms with van der Waals surface area (Å²) in [6.07, 6.45) is 3.67. The van der Waals surface area contributed by atoms with Crippen LogP contribution in [-0.4, -0.2) is 12.4 Å². The number of ether oxygens (including phenoxy) is 1. The van der Waals surface area contributed by atoms with E-state index in [2.05, 4.69) is 15.9 Å². The highest BCUT2D eigenvalue weighted by atomic mass is 79.9. The molecule has 0 amide bonds. The van der Waals surface area contributed by atoms with Crippen LogP contribution in [-0.2, 0) is 4.74 Å². The van der Waals surface area contributed by atoms with Gasteiger partial charge in [-0.15, -0.1) is 0 Å². The highest BCUT2D eigenvalue weighted by Crippen LogP contribution is 2.25. The Morgan fingerprint density at radius 2 is 2.25 bits per heavy atom. The number of ketones is 1. The molecule has 0 saturated heterocycles. The summed E-state index contributed by atoms with van der Waals surface area (Å²) < 4.78 is 6.16. The average molecular weight is 302 g/mol. The van der Waals surface area contributed by atoms with E-state index < -0.39 is 0 Å². The van der Waals surface area contributed by atoms with E-state index in [9.17, 15) is 4.79 Å². The van der Waals surface area contributed by atoms with Crippen LogP contribution >= 0.6 is 27.5 Å². The van der Waals surface area contributed by atoms with Gasteiger partial charge in [-0.3, -0.25) is 4.79 Å². The molecule has 0 fully saturated rings. The summed E-state index contributed by atoms with van der Waals surface area (Å²) in [5.41, 5.74) is 0.476. The Bertz CT molecular complexity index is 454. The van der Waals surface area contributed by atoms with Crippen molar-refractivity contribution in [3.8, 4) is 0 Å². The van der Waals surface area contributed by atoms with E-state index in [-0.39, 0.29) is 5.78 Å². The minimum atomic E-state index is -0.147. The summed E-state index contributed by atoms with van der Waals surface area (Å²) >= 11 is 9.30. The maximum atomic E-state index is 12.1. The van der Waals surface area contributed by atoms with Gasteiger partial charge in [0, 0.05) is 10.0 Å². The third-order valence-electron chi connectivity index (χ3n) is 2.33. The fourth-order valence-electron chi connectivity index (χ4n) is 1.52. The average Bonchev–Trinajstić information content (AvgIpc) is 2.32. The number of hydrogen-bond acceptors (Lipinski definition) is 2. The van der Waals surface area contributed by atoms with Gasteiger partial charge in [-0.05, 0) is 37.1 Å². The summed E-state index contributed by atoms with van der Waals surface area (Å²) in [6, 6.07) is 5.21. The van der Waals surface area contributed by atoms with Gasteiger partial charge in [0.2, 0.25) is 5.78 Å². The van der Waals surface area contributed by atoms with Crippen LogP contribution in [0.25, 0.3) is 0 Å². The molecule has 1 aliphatic rings. The van der Waals surface area contributed by atoms with Gasteiger partial charge in [0.05, 0.1) is 11.6 Å². The topological polar surface area (TPSA) is 26.3 Å². The second-order valence-corrected chi connectivity index (χ2v) is 4.84. The molecule has 84 valence electrons. The lowest BCUT2D eigenvalue weighted by molar-refractivity contribution is 0.0899. The van der Waals surface area contributed by atoms with E-state index in [0.717, 1.165) is 17.3 Å². The maximum Gasteiger partial charge on any atom is 0.228 e. The van der Waals surface area contributed by atoms with Gasteiger partial charge in [0.25, 0.3) is 0 Å². The Morgan fingerprint density at radius 3 is 2.94 bits per heavy atom. The molecule has 0 radical (unpaired) electrons. The van der Waals surface area contributed by atoms with Crippen molar-refractivity contribution in [2.75, 3.05) is 6.61 Å². The van der Waals surface area contributed by atoms with E-state index in [1.54, 1.807) is 18.2 Å². The number of carbonyl (C=O) groups is 1. The van der Waals surface area contributed by atoms with Crippen LogP contribution in [0.4, 0.5) is 0 Å². The van der Waals surface area contributed by atoms with Crippen LogP contribution < -0.4 is 0 Å². The van der Waals surface area contributed by atoms with Crippen molar-refractivity contribution in [1.82, 2.24) is 0 Å². The number of rotatable bonds is 2. The molecule has 1 heterocycles. The summed E-state index contributed by atoms with van der Waals surface area (Å²) in [6.45, 7) is 0.600. The molecule has 2 nitrogen and oxygen atoms in total. The summed E-state index contributed by atoms with van der Waals surface area (Å²) in [5.74, 6) is 0.261. The van der Waals surface area contributed by atoms with Crippen molar-refractivity contribution >= 4 is 33.3 Å². The van der Waals surface area contributed by atoms with Crippen LogP contribution in [0, 0.1) is 0 Å². The first-order valence-corrected chi connectivity index (χ1v) is 6.18. The van der Waals surface area contributed by atoms with Crippen molar-refractivity contribution in [2.24, 2.45) is 0 Å². The van der Waals surface area contributed by atoms with Gasteiger partial charge in [-0.2, -0.15) is 0 Å². The lowest BCUT2D eigenvalue weighted by atomic mass is 10.1. The highest BCUT2D eigenvalue weighted by molar-refractivity contribution is 9.10. The van der Waals surface area contributed by atoms with Gasteiger partial charge in [-0.1, -0.05) is 27.5 Å². The van der Waals surface area contributed by atoms with Gasteiger partial charge >= 0.3 is 0 Å². The first-order chi connectivity index (χ1) is 7.68. The predicted molar refractivity (Wildman–Crippen MR) is 66.8 cm³/mol. The third kappa shape index (κ3) is 2.47. The second kappa shape index (κ2) is 5.02. The Labute approximate surface area is 107 Å². The van der Waals surface area contributed by atoms with Gasteiger partial charge in [0.15, 0.2) is 5.76 Å². The SMILES string of the molecule is O=C(C1=CCCCO1)c1cc(Br)ccc1Cl.